The summed E-state index contributed by atoms with van der Waals surface area (Å²) in [7, 11) is 0. The standard InChI is InChI=1S/C7H16N2.BrH/c1-2-5-9-6-3-8-4-7-9;/h8H,2-7H2,1H3;1H. The summed E-state index contributed by atoms with van der Waals surface area (Å²) in [6, 6.07) is 0. The average Bonchev–Trinajstić information content (AvgIpc) is 1.91. The van der Waals surface area contributed by atoms with E-state index in [0.29, 0.717) is 0 Å². The van der Waals surface area contributed by atoms with Crippen molar-refractivity contribution in [3.05, 3.63) is 0 Å². The van der Waals surface area contributed by atoms with Crippen LogP contribution in [0.15, 0.2) is 0 Å². The molecule has 0 unspecified atom stereocenters. The molecule has 1 aliphatic heterocycles. The van der Waals surface area contributed by atoms with Crippen molar-refractivity contribution in [1.29, 1.82) is 0 Å². The first-order chi connectivity index (χ1) is 4.43. The van der Waals surface area contributed by atoms with Crippen molar-refractivity contribution in [3.63, 3.8) is 0 Å². The molecule has 0 bridgehead atoms. The quantitative estimate of drug-likeness (QED) is 0.726. The third kappa shape index (κ3) is 3.54. The van der Waals surface area contributed by atoms with Gasteiger partial charge in [-0.05, 0) is 13.0 Å². The van der Waals surface area contributed by atoms with E-state index in [1.165, 1.54) is 39.1 Å². The van der Waals surface area contributed by atoms with Gasteiger partial charge in [0.1, 0.15) is 0 Å². The number of nitrogens with zero attached hydrogens (tertiary/aromatic N) is 1. The molecule has 2 nitrogen and oxygen atoms in total. The molecule has 0 aromatic heterocycles. The third-order valence-electron chi connectivity index (χ3n) is 1.75. The van der Waals surface area contributed by atoms with Crippen LogP contribution >= 0.6 is 17.0 Å². The largest absolute Gasteiger partial charge is 0.314 e. The van der Waals surface area contributed by atoms with Crippen LogP contribution in [0.5, 0.6) is 0 Å². The Balaban J connectivity index is 0.000000810. The lowest BCUT2D eigenvalue weighted by Gasteiger charge is -2.26. The molecule has 1 aliphatic rings. The lowest BCUT2D eigenvalue weighted by atomic mass is 10.3. The van der Waals surface area contributed by atoms with E-state index >= 15 is 0 Å². The Hall–Kier alpha value is 0.400. The molecule has 62 valence electrons. The highest BCUT2D eigenvalue weighted by molar-refractivity contribution is 8.93. The maximum absolute atomic E-state index is 3.33. The van der Waals surface area contributed by atoms with Crippen LogP contribution in [-0.2, 0) is 0 Å². The molecule has 0 aliphatic carbocycles. The molecule has 1 rings (SSSR count). The molecule has 0 amide bonds. The van der Waals surface area contributed by atoms with E-state index in [1.807, 2.05) is 0 Å². The zero-order valence-corrected chi connectivity index (χ0v) is 8.31. The van der Waals surface area contributed by atoms with Gasteiger partial charge in [0, 0.05) is 26.2 Å². The van der Waals surface area contributed by atoms with E-state index in [4.69, 9.17) is 0 Å². The Bertz CT molecular complexity index is 69.3. The second-order valence-corrected chi connectivity index (χ2v) is 2.59. The SMILES string of the molecule is Br.CCCN1CCNCC1. The molecule has 0 saturated carbocycles. The number of halogens is 1. The van der Waals surface area contributed by atoms with Crippen LogP contribution in [-0.4, -0.2) is 37.6 Å². The predicted octanol–water partition coefficient (Wildman–Crippen LogP) is 0.879. The van der Waals surface area contributed by atoms with Crippen molar-refractivity contribution >= 4 is 17.0 Å². The Labute approximate surface area is 73.7 Å². The third-order valence-corrected chi connectivity index (χ3v) is 1.75. The lowest BCUT2D eigenvalue weighted by Crippen LogP contribution is -2.43. The fraction of sp³-hybridized carbons (Fsp3) is 1.00. The van der Waals surface area contributed by atoms with Gasteiger partial charge in [0.25, 0.3) is 0 Å². The first-order valence-electron chi connectivity index (χ1n) is 3.86. The van der Waals surface area contributed by atoms with E-state index in [9.17, 15) is 0 Å². The van der Waals surface area contributed by atoms with Crippen LogP contribution in [0.25, 0.3) is 0 Å². The number of piperazine rings is 1. The zero-order valence-electron chi connectivity index (χ0n) is 6.60. The summed E-state index contributed by atoms with van der Waals surface area (Å²) in [4.78, 5) is 2.51. The van der Waals surface area contributed by atoms with E-state index < -0.39 is 0 Å². The Morgan fingerprint density at radius 3 is 2.40 bits per heavy atom. The van der Waals surface area contributed by atoms with Gasteiger partial charge in [-0.3, -0.25) is 0 Å². The molecule has 1 saturated heterocycles. The lowest BCUT2D eigenvalue weighted by molar-refractivity contribution is 0.241. The Morgan fingerprint density at radius 2 is 1.90 bits per heavy atom. The van der Waals surface area contributed by atoms with E-state index in [0.717, 1.165) is 0 Å². The molecule has 0 aromatic rings. The van der Waals surface area contributed by atoms with Gasteiger partial charge in [-0.1, -0.05) is 6.92 Å². The summed E-state index contributed by atoms with van der Waals surface area (Å²) in [5.41, 5.74) is 0. The van der Waals surface area contributed by atoms with Crippen LogP contribution in [0.2, 0.25) is 0 Å². The minimum atomic E-state index is 0. The fourth-order valence-electron chi connectivity index (χ4n) is 1.25. The Morgan fingerprint density at radius 1 is 1.30 bits per heavy atom. The van der Waals surface area contributed by atoms with Gasteiger partial charge in [0.05, 0.1) is 0 Å². The number of nitrogens with one attached hydrogen (secondary N) is 1. The predicted molar refractivity (Wildman–Crippen MR) is 49.9 cm³/mol. The average molecular weight is 209 g/mol. The topological polar surface area (TPSA) is 15.3 Å². The summed E-state index contributed by atoms with van der Waals surface area (Å²) in [6.45, 7) is 8.37. The monoisotopic (exact) mass is 208 g/mol. The van der Waals surface area contributed by atoms with E-state index in [2.05, 4.69) is 17.1 Å². The normalized spacial score (nSPS) is 20.1. The van der Waals surface area contributed by atoms with Gasteiger partial charge in [0.2, 0.25) is 0 Å². The minimum Gasteiger partial charge on any atom is -0.314 e. The number of hydrogen-bond acceptors (Lipinski definition) is 2. The minimum absolute atomic E-state index is 0. The molecular weight excluding hydrogens is 192 g/mol. The summed E-state index contributed by atoms with van der Waals surface area (Å²) >= 11 is 0. The maximum atomic E-state index is 3.33. The van der Waals surface area contributed by atoms with Crippen LogP contribution in [0.3, 0.4) is 0 Å². The van der Waals surface area contributed by atoms with Crippen LogP contribution in [0, 0.1) is 0 Å². The second-order valence-electron chi connectivity index (χ2n) is 2.59. The highest BCUT2D eigenvalue weighted by Gasteiger charge is 2.06. The van der Waals surface area contributed by atoms with Gasteiger partial charge < -0.3 is 10.2 Å². The second kappa shape index (κ2) is 6.13. The van der Waals surface area contributed by atoms with Crippen molar-refractivity contribution in [2.75, 3.05) is 32.7 Å². The van der Waals surface area contributed by atoms with Gasteiger partial charge in [-0.15, -0.1) is 17.0 Å². The van der Waals surface area contributed by atoms with E-state index in [1.54, 1.807) is 0 Å². The number of rotatable bonds is 2. The van der Waals surface area contributed by atoms with Crippen molar-refractivity contribution < 1.29 is 0 Å². The van der Waals surface area contributed by atoms with Gasteiger partial charge in [-0.2, -0.15) is 0 Å². The van der Waals surface area contributed by atoms with Crippen molar-refractivity contribution in [2.24, 2.45) is 0 Å². The van der Waals surface area contributed by atoms with Crippen LogP contribution in [0.4, 0.5) is 0 Å². The van der Waals surface area contributed by atoms with Crippen LogP contribution < -0.4 is 5.32 Å². The molecule has 0 atom stereocenters. The van der Waals surface area contributed by atoms with Crippen molar-refractivity contribution in [1.82, 2.24) is 10.2 Å². The molecule has 0 radical (unpaired) electrons. The smallest absolute Gasteiger partial charge is 0.0107 e. The van der Waals surface area contributed by atoms with Crippen molar-refractivity contribution in [3.8, 4) is 0 Å². The first-order valence-corrected chi connectivity index (χ1v) is 3.86. The summed E-state index contributed by atoms with van der Waals surface area (Å²) < 4.78 is 0. The first kappa shape index (κ1) is 10.4. The molecular formula is C7H17BrN2. The maximum Gasteiger partial charge on any atom is 0.0107 e. The fourth-order valence-corrected chi connectivity index (χ4v) is 1.25. The molecule has 1 heterocycles. The molecule has 1 fully saturated rings. The summed E-state index contributed by atoms with van der Waals surface area (Å²) in [5, 5.41) is 3.33. The number of hydrogen-bond donors (Lipinski definition) is 1. The zero-order chi connectivity index (χ0) is 6.53. The summed E-state index contributed by atoms with van der Waals surface area (Å²) in [5.74, 6) is 0. The van der Waals surface area contributed by atoms with Crippen LogP contribution in [0.1, 0.15) is 13.3 Å². The van der Waals surface area contributed by atoms with Crippen molar-refractivity contribution in [2.45, 2.75) is 13.3 Å². The molecule has 0 spiro atoms. The summed E-state index contributed by atoms with van der Waals surface area (Å²) in [6.07, 6.45) is 1.29. The molecule has 10 heavy (non-hydrogen) atoms. The van der Waals surface area contributed by atoms with Gasteiger partial charge >= 0.3 is 0 Å². The van der Waals surface area contributed by atoms with Gasteiger partial charge in [0.15, 0.2) is 0 Å². The van der Waals surface area contributed by atoms with E-state index in [-0.39, 0.29) is 17.0 Å². The molecule has 3 heteroatoms. The van der Waals surface area contributed by atoms with Gasteiger partial charge in [-0.25, -0.2) is 0 Å². The highest BCUT2D eigenvalue weighted by atomic mass is 79.9. The highest BCUT2D eigenvalue weighted by Crippen LogP contribution is 1.92. The molecule has 0 aromatic carbocycles. The molecule has 1 N–H and O–H groups in total. The Kier molecular flexibility index (Phi) is 6.38.